The third kappa shape index (κ3) is 11.1. The average Bonchev–Trinajstić information content (AvgIpc) is 2.99. The van der Waals surface area contributed by atoms with Crippen LogP contribution in [0.3, 0.4) is 0 Å². The second-order valence-corrected chi connectivity index (χ2v) is 10.7. The van der Waals surface area contributed by atoms with E-state index >= 15 is 0 Å². The van der Waals surface area contributed by atoms with Crippen LogP contribution in [0.1, 0.15) is 66.2 Å². The van der Waals surface area contributed by atoms with Crippen molar-refractivity contribution >= 4 is 0 Å². The molecule has 2 fully saturated rings. The van der Waals surface area contributed by atoms with Crippen molar-refractivity contribution in [2.75, 3.05) is 52.9 Å². The van der Waals surface area contributed by atoms with E-state index < -0.39 is 68.0 Å². The molecular weight excluding hydrogens is 556 g/mol. The molecule has 42 heavy (non-hydrogen) atoms. The molecule has 0 saturated carbocycles. The fraction of sp³-hybridized carbons (Fsp3) is 1.00. The van der Waals surface area contributed by atoms with Crippen molar-refractivity contribution in [3.63, 3.8) is 0 Å². The van der Waals surface area contributed by atoms with Crippen LogP contribution in [0.15, 0.2) is 0 Å². The molecule has 0 bridgehead atoms. The number of unbranched alkanes of at least 4 members (excludes halogenated alkanes) is 1. The Kier molecular flexibility index (Phi) is 19.1. The normalized spacial score (nSPS) is 34.5. The molecule has 2 rings (SSSR count). The first-order valence-corrected chi connectivity index (χ1v) is 15.6. The maximum atomic E-state index is 11.6. The summed E-state index contributed by atoms with van der Waals surface area (Å²) in [5.74, 6) is 0. The quantitative estimate of drug-likeness (QED) is 0.107. The third-order valence-corrected chi connectivity index (χ3v) is 7.33. The van der Waals surface area contributed by atoms with Crippen LogP contribution in [0.4, 0.5) is 0 Å². The molecule has 13 heteroatoms. The molecule has 0 aromatic rings. The number of rotatable bonds is 22. The summed E-state index contributed by atoms with van der Waals surface area (Å²) in [6, 6.07) is 0. The molecule has 13 nitrogen and oxygen atoms in total. The van der Waals surface area contributed by atoms with Crippen LogP contribution < -0.4 is 0 Å². The smallest absolute Gasteiger partial charge is 0.187 e. The summed E-state index contributed by atoms with van der Waals surface area (Å²) in [5, 5.41) is 51.9. The minimum absolute atomic E-state index is 0.0823. The average molecular weight is 613 g/mol. The molecule has 0 radical (unpaired) electrons. The van der Waals surface area contributed by atoms with E-state index in [1.54, 1.807) is 0 Å². The van der Waals surface area contributed by atoms with E-state index in [2.05, 4.69) is 13.8 Å². The van der Waals surface area contributed by atoms with Gasteiger partial charge in [0.1, 0.15) is 48.8 Å². The monoisotopic (exact) mass is 612 g/mol. The first kappa shape index (κ1) is 37.7. The second-order valence-electron chi connectivity index (χ2n) is 10.7. The molecule has 0 aromatic heterocycles. The van der Waals surface area contributed by atoms with Crippen molar-refractivity contribution in [3.05, 3.63) is 0 Å². The van der Waals surface area contributed by atoms with Crippen LogP contribution in [-0.4, -0.2) is 146 Å². The molecule has 2 heterocycles. The lowest BCUT2D eigenvalue weighted by Crippen LogP contribution is -2.66. The molecule has 5 unspecified atom stereocenters. The Bertz CT molecular complexity index is 673. The van der Waals surface area contributed by atoms with Crippen LogP contribution in [0, 0.1) is 0 Å². The Labute approximate surface area is 250 Å². The maximum absolute atomic E-state index is 11.6. The van der Waals surface area contributed by atoms with E-state index in [1.165, 1.54) is 0 Å². The minimum atomic E-state index is -1.36. The van der Waals surface area contributed by atoms with Crippen LogP contribution >= 0.6 is 0 Å². The van der Waals surface area contributed by atoms with E-state index in [4.69, 9.17) is 37.9 Å². The van der Waals surface area contributed by atoms with Gasteiger partial charge < -0.3 is 63.4 Å². The molecule has 2 aliphatic rings. The molecule has 0 aromatic carbocycles. The van der Waals surface area contributed by atoms with Gasteiger partial charge in [0, 0.05) is 13.2 Å². The Morgan fingerprint density at radius 1 is 0.667 bits per heavy atom. The highest BCUT2D eigenvalue weighted by Gasteiger charge is 2.53. The zero-order valence-electron chi connectivity index (χ0n) is 25.8. The largest absolute Gasteiger partial charge is 0.394 e. The van der Waals surface area contributed by atoms with Crippen molar-refractivity contribution < 1.29 is 63.4 Å². The molecule has 5 N–H and O–H groups in total. The van der Waals surface area contributed by atoms with Crippen LogP contribution in [0.2, 0.25) is 0 Å². The molecule has 2 aliphatic heterocycles. The van der Waals surface area contributed by atoms with Gasteiger partial charge in [-0.3, -0.25) is 0 Å². The van der Waals surface area contributed by atoms with E-state index in [1.807, 2.05) is 13.8 Å². The molecule has 0 aliphatic carbocycles. The Morgan fingerprint density at radius 3 is 1.88 bits per heavy atom. The van der Waals surface area contributed by atoms with Crippen LogP contribution in [0.5, 0.6) is 0 Å². The number of hydrogen-bond donors (Lipinski definition) is 5. The topological polar surface area (TPSA) is 175 Å². The van der Waals surface area contributed by atoms with Crippen molar-refractivity contribution in [3.8, 4) is 0 Å². The summed E-state index contributed by atoms with van der Waals surface area (Å²) in [6.07, 6.45) is -5.92. The highest BCUT2D eigenvalue weighted by atomic mass is 16.8. The van der Waals surface area contributed by atoms with Gasteiger partial charge in [-0.2, -0.15) is 0 Å². The van der Waals surface area contributed by atoms with Gasteiger partial charge in [-0.15, -0.1) is 0 Å². The lowest BCUT2D eigenvalue weighted by molar-refractivity contribution is -0.370. The summed E-state index contributed by atoms with van der Waals surface area (Å²) in [4.78, 5) is 0. The molecule has 0 amide bonds. The van der Waals surface area contributed by atoms with Crippen LogP contribution in [-0.2, 0) is 37.9 Å². The zero-order chi connectivity index (χ0) is 30.9. The lowest BCUT2D eigenvalue weighted by atomic mass is 9.96. The van der Waals surface area contributed by atoms with Crippen LogP contribution in [0.25, 0.3) is 0 Å². The predicted octanol–water partition coefficient (Wildman–Crippen LogP) is 0.498. The number of ether oxygens (including phenoxy) is 8. The first-order chi connectivity index (χ1) is 20.4. The van der Waals surface area contributed by atoms with Crippen molar-refractivity contribution in [2.24, 2.45) is 0 Å². The van der Waals surface area contributed by atoms with Gasteiger partial charge in [-0.25, -0.2) is 0 Å². The van der Waals surface area contributed by atoms with E-state index in [9.17, 15) is 25.5 Å². The predicted molar refractivity (Wildman–Crippen MR) is 151 cm³/mol. The highest BCUT2D eigenvalue weighted by molar-refractivity contribution is 4.96. The summed E-state index contributed by atoms with van der Waals surface area (Å²) in [6.45, 7) is 7.72. The summed E-state index contributed by atoms with van der Waals surface area (Å²) < 4.78 is 48.0. The van der Waals surface area contributed by atoms with E-state index in [0.29, 0.717) is 19.6 Å². The van der Waals surface area contributed by atoms with Crippen molar-refractivity contribution in [1.82, 2.24) is 0 Å². The number of aliphatic hydroxyl groups is 5. The maximum Gasteiger partial charge on any atom is 0.187 e. The Morgan fingerprint density at radius 2 is 1.31 bits per heavy atom. The molecule has 2 saturated heterocycles. The SMILES string of the molecule is CCCCOCC1O[C@H](O[C@H]2C(O)C(OCCO)[C@@H](OCCC)O[C@H]2CO)C(OCCO)[C@@H](O)[C@@H]1OC(CC)CCC. The fourth-order valence-corrected chi connectivity index (χ4v) is 5.13. The van der Waals surface area contributed by atoms with Gasteiger partial charge in [-0.1, -0.05) is 40.5 Å². The van der Waals surface area contributed by atoms with Gasteiger partial charge in [0.2, 0.25) is 0 Å². The van der Waals surface area contributed by atoms with Gasteiger partial charge in [0.15, 0.2) is 12.6 Å². The zero-order valence-corrected chi connectivity index (χ0v) is 25.8. The summed E-state index contributed by atoms with van der Waals surface area (Å²) >= 11 is 0. The number of aliphatic hydroxyl groups excluding tert-OH is 5. The van der Waals surface area contributed by atoms with E-state index in [-0.39, 0.29) is 39.1 Å². The lowest BCUT2D eigenvalue weighted by Gasteiger charge is -2.48. The fourth-order valence-electron chi connectivity index (χ4n) is 5.13. The Balaban J connectivity index is 2.34. The minimum Gasteiger partial charge on any atom is -0.394 e. The van der Waals surface area contributed by atoms with Gasteiger partial charge >= 0.3 is 0 Å². The standard InChI is InChI=1S/C29H56O13/c1-5-9-14-35-18-21-25(39-19(8-4)10-6-2)23(34)27(37-16-12-31)29(41-21)42-24-20(17-32)40-28(38-13-7-3)26(22(24)33)36-15-11-30/h19-34H,5-18H2,1-4H3/t19?,20-,21?,22?,23-,24+,25+,26?,27?,28-,29+/m0/s1. The van der Waals surface area contributed by atoms with Gasteiger partial charge in [0.25, 0.3) is 0 Å². The van der Waals surface area contributed by atoms with Crippen molar-refractivity contribution in [2.45, 2.75) is 134 Å². The second kappa shape index (κ2) is 21.3. The molecule has 0 spiro atoms. The van der Waals surface area contributed by atoms with Gasteiger partial charge in [-0.05, 0) is 25.7 Å². The number of hydrogen-bond acceptors (Lipinski definition) is 13. The van der Waals surface area contributed by atoms with Gasteiger partial charge in [0.05, 0.1) is 45.7 Å². The molecule has 250 valence electrons. The molecule has 11 atom stereocenters. The molecular formula is C29H56O13. The summed E-state index contributed by atoms with van der Waals surface area (Å²) in [7, 11) is 0. The van der Waals surface area contributed by atoms with Crippen molar-refractivity contribution in [1.29, 1.82) is 0 Å². The van der Waals surface area contributed by atoms with E-state index in [0.717, 1.165) is 32.1 Å². The Hall–Kier alpha value is -0.520. The first-order valence-electron chi connectivity index (χ1n) is 15.6. The highest BCUT2D eigenvalue weighted by Crippen LogP contribution is 2.33. The third-order valence-electron chi connectivity index (χ3n) is 7.33. The summed E-state index contributed by atoms with van der Waals surface area (Å²) in [5.41, 5.74) is 0.